The molecule has 4 aromatic rings. The number of ketones is 1. The van der Waals surface area contributed by atoms with Crippen molar-refractivity contribution in [3.63, 3.8) is 0 Å². The first-order chi connectivity index (χ1) is 57.2. The molecule has 656 valence electrons. The van der Waals surface area contributed by atoms with E-state index < -0.39 is 261 Å². The molecule has 121 heavy (non-hydrogen) atoms. The Kier molecular flexibility index (Phi) is 39.0. The summed E-state index contributed by atoms with van der Waals surface area (Å²) < 4.78 is 5.74. The van der Waals surface area contributed by atoms with Gasteiger partial charge in [0.15, 0.2) is 5.78 Å². The van der Waals surface area contributed by atoms with E-state index in [1.807, 2.05) is 40.2 Å². The zero-order valence-electron chi connectivity index (χ0n) is 67.1. The Labute approximate surface area is 692 Å². The molecule has 43 heteroatoms. The molecule has 0 radical (unpaired) electrons. The zero-order valence-corrected chi connectivity index (χ0v) is 67.1. The molecule has 0 aliphatic carbocycles. The summed E-state index contributed by atoms with van der Waals surface area (Å²) in [4.78, 5) is 278. The SMILES string of the molecule is CCCCCc1ccc(/C(C)=C/C(=O)N[C@@H](Cc2c[nH]c3ccccc23)C(=O)N[C@H](CC(N)=O)C(=O)N[C@@H](CC(=O)O)C(=O)N[C@@H]2C(=O)NCC(=O)N[C@@H](CCCN)C(=O)N[C@@H](CC(=O)O)C(=O)N[C@H](C)C(=O)N[C@@H](CC(=O)O)C(=O)NCC(=O)N[C@H](CO)C(=O)N[C@@H](C(C)CC(=O)O)C(=O)N[C@@H](CC(=O)c3ccccc3NC)C(=O)O[C@@H]2C)cc1. The maximum absolute atomic E-state index is 15.0. The highest BCUT2D eigenvalue weighted by Gasteiger charge is 2.41. The van der Waals surface area contributed by atoms with E-state index >= 15 is 0 Å². The summed E-state index contributed by atoms with van der Waals surface area (Å²) >= 11 is 0. The number of unbranched alkanes of at least 4 members (excludes halogenated alkanes) is 2. The first kappa shape index (κ1) is 97.8. The number of hydrogen-bond acceptors (Lipinski definition) is 24. The van der Waals surface area contributed by atoms with Crippen LogP contribution in [0.3, 0.4) is 0 Å². The molecule has 24 N–H and O–H groups in total. The van der Waals surface area contributed by atoms with Gasteiger partial charge in [-0.15, -0.1) is 0 Å². The number of aliphatic carboxylic acids is 4. The number of cyclic esters (lactones) is 1. The molecule has 3 aromatic carbocycles. The predicted molar refractivity (Wildman–Crippen MR) is 426 cm³/mol. The maximum Gasteiger partial charge on any atom is 0.329 e. The summed E-state index contributed by atoms with van der Waals surface area (Å²) in [7, 11) is 1.41. The number of benzene rings is 3. The standard InChI is InChI=1S/C78H103N17O26/c1-7-8-9-15-42-21-23-43(24-22-42)38(2)26-59(99)87-50(28-44-34-82-48-19-13-10-16-45(44)48)72(114)90-51(30-58(80)98)73(115)92-54(33-65(108)109)74(116)95-67-41(5)121-78(120)55(29-57(97)46-17-11-12-18-47(46)81-6)93-77(119)66(39(3)27-62(102)103)94-75(117)56(37-96)88-61(101)35-83-69(111)52(31-63(104)105)89-68(110)40(4)85-71(113)53(32-64(106)107)91-70(112)49(20-14-25-79)86-60(100)36-84-76(67)118/h10-13,16-19,21-24,26,34,39-41,49-56,66-67,81-82,96H,7-9,14-15,20,25,27-33,35-37,79H2,1-6H3,(H2,80,98)(H,83,111)(H,84,118)(H,85,113)(H,86,100)(H,87,99)(H,88,101)(H,89,110)(H,90,114)(H,91,112)(H,92,115)(H,93,119)(H,94,117)(H,95,116)(H,102,103)(H,104,105)(H,106,107)(H,108,109)/b38-26+/t39?,40-,41-,49+,50+,51-,52+,53+,54+,55+,56-,66+,67+/m1/s1. The average molecular weight is 1690 g/mol. The number of allylic oxidation sites excluding steroid dienone is 1. The lowest BCUT2D eigenvalue weighted by Crippen LogP contribution is -2.62. The molecule has 0 saturated carbocycles. The van der Waals surface area contributed by atoms with Gasteiger partial charge in [0.2, 0.25) is 82.7 Å². The maximum atomic E-state index is 15.0. The van der Waals surface area contributed by atoms with Gasteiger partial charge in [0.25, 0.3) is 0 Å². The van der Waals surface area contributed by atoms with Gasteiger partial charge in [-0.25, -0.2) is 4.79 Å². The Morgan fingerprint density at radius 2 is 1.14 bits per heavy atom. The third kappa shape index (κ3) is 31.9. The minimum atomic E-state index is -2.46. The van der Waals surface area contributed by atoms with Crippen LogP contribution in [0.25, 0.3) is 16.5 Å². The number of carbonyl (C=O) groups is 20. The van der Waals surface area contributed by atoms with Crippen LogP contribution in [-0.4, -0.2) is 255 Å². The van der Waals surface area contributed by atoms with Crippen LogP contribution in [0, 0.1) is 5.92 Å². The number of Topliss-reactive ketones (excluding diaryl/α,β-unsaturated/α-hetero) is 1. The van der Waals surface area contributed by atoms with E-state index in [-0.39, 0.29) is 30.6 Å². The number of anilines is 1. The first-order valence-electron chi connectivity index (χ1n) is 38.4. The number of esters is 1. The number of aromatic amines is 1. The minimum Gasteiger partial charge on any atom is -0.481 e. The molecule has 5 rings (SSSR count). The smallest absolute Gasteiger partial charge is 0.329 e. The van der Waals surface area contributed by atoms with Gasteiger partial charge in [-0.05, 0) is 99.4 Å². The molecular weight excluding hydrogens is 1590 g/mol. The number of nitrogens with two attached hydrogens (primary N) is 2. The number of fused-ring (bicyclic) bond motifs is 1. The number of aromatic nitrogens is 1. The lowest BCUT2D eigenvalue weighted by atomic mass is 9.95. The third-order valence-electron chi connectivity index (χ3n) is 18.9. The van der Waals surface area contributed by atoms with Crippen molar-refractivity contribution < 1.29 is 126 Å². The van der Waals surface area contributed by atoms with Crippen molar-refractivity contribution in [1.29, 1.82) is 0 Å². The fourth-order valence-electron chi connectivity index (χ4n) is 12.4. The molecule has 14 amide bonds. The van der Waals surface area contributed by atoms with Crippen molar-refractivity contribution in [1.82, 2.24) is 74.1 Å². The van der Waals surface area contributed by atoms with Crippen LogP contribution >= 0.6 is 0 Å². The van der Waals surface area contributed by atoms with Crippen molar-refractivity contribution in [2.45, 2.75) is 191 Å². The normalized spacial score (nSPS) is 20.8. The topological polar surface area (TPSA) is 688 Å². The van der Waals surface area contributed by atoms with E-state index in [9.17, 15) is 121 Å². The molecule has 13 atom stereocenters. The highest BCUT2D eigenvalue weighted by molar-refractivity contribution is 6.06. The summed E-state index contributed by atoms with van der Waals surface area (Å²) in [5, 5.41) is 81.7. The number of rotatable bonds is 34. The predicted octanol–water partition coefficient (Wildman–Crippen LogP) is -4.47. The summed E-state index contributed by atoms with van der Waals surface area (Å²) in [5.74, 6) is -30.0. The fourth-order valence-corrected chi connectivity index (χ4v) is 12.4. The van der Waals surface area contributed by atoms with E-state index in [2.05, 4.69) is 70.4 Å². The van der Waals surface area contributed by atoms with Gasteiger partial charge in [0, 0.05) is 54.3 Å². The molecule has 43 nitrogen and oxygen atoms in total. The number of carbonyl (C=O) groups excluding carboxylic acids is 16. The number of H-pyrrole nitrogens is 1. The monoisotopic (exact) mass is 1690 g/mol. The van der Waals surface area contributed by atoms with E-state index in [1.165, 1.54) is 37.4 Å². The van der Waals surface area contributed by atoms with E-state index in [0.717, 1.165) is 52.0 Å². The number of carboxylic acids is 4. The number of aliphatic hydroxyl groups excluding tert-OH is 1. The third-order valence-corrected chi connectivity index (χ3v) is 18.9. The molecule has 2 heterocycles. The number of primary amides is 1. The Balaban J connectivity index is 1.62. The van der Waals surface area contributed by atoms with Gasteiger partial charge in [-0.2, -0.15) is 0 Å². The second kappa shape index (κ2) is 48.2. The number of para-hydroxylation sites is 2. The second-order valence-electron chi connectivity index (χ2n) is 28.5. The van der Waals surface area contributed by atoms with Gasteiger partial charge in [-0.1, -0.05) is 81.3 Å². The Bertz CT molecular complexity index is 4510. The Morgan fingerprint density at radius 3 is 1.74 bits per heavy atom. The van der Waals surface area contributed by atoms with Crippen LogP contribution in [0.15, 0.2) is 85.1 Å². The molecule has 0 spiro atoms. The number of ether oxygens (including phenoxy) is 1. The summed E-state index contributed by atoms with van der Waals surface area (Å²) in [6.07, 6.45) is -3.31. The molecule has 1 aliphatic rings. The molecule has 0 bridgehead atoms. The number of nitrogens with one attached hydrogen (secondary N) is 15. The lowest BCUT2D eigenvalue weighted by molar-refractivity contribution is -0.156. The molecule has 1 fully saturated rings. The summed E-state index contributed by atoms with van der Waals surface area (Å²) in [6.45, 7) is 2.80. The Morgan fingerprint density at radius 1 is 0.579 bits per heavy atom. The van der Waals surface area contributed by atoms with Gasteiger partial charge in [0.1, 0.15) is 72.6 Å². The number of aryl methyl sites for hydroxylation is 1. The minimum absolute atomic E-state index is 0.0965. The highest BCUT2D eigenvalue weighted by Crippen LogP contribution is 2.23. The van der Waals surface area contributed by atoms with Crippen LogP contribution in [-0.2, 0) is 109 Å². The van der Waals surface area contributed by atoms with Crippen LogP contribution in [0.5, 0.6) is 0 Å². The summed E-state index contributed by atoms with van der Waals surface area (Å²) in [6, 6.07) is -2.85. The van der Waals surface area contributed by atoms with Crippen molar-refractivity contribution >= 4 is 140 Å². The van der Waals surface area contributed by atoms with Crippen molar-refractivity contribution in [2.75, 3.05) is 38.6 Å². The van der Waals surface area contributed by atoms with Crippen molar-refractivity contribution in [3.05, 3.63) is 107 Å². The highest BCUT2D eigenvalue weighted by atomic mass is 16.5. The average Bonchev–Trinajstić information content (AvgIpc) is 1.63. The Hall–Kier alpha value is -13.7. The number of carboxylic acid groups (broad SMARTS) is 4. The number of aliphatic hydroxyl groups is 1. The molecular formula is C78H103N17O26. The lowest BCUT2D eigenvalue weighted by Gasteiger charge is -2.30. The number of hydrogen-bond donors (Lipinski definition) is 22. The first-order valence-corrected chi connectivity index (χ1v) is 38.4. The van der Waals surface area contributed by atoms with Crippen LogP contribution in [0.2, 0.25) is 0 Å². The van der Waals surface area contributed by atoms with Gasteiger partial charge in [-0.3, -0.25) is 91.1 Å². The van der Waals surface area contributed by atoms with Crippen molar-refractivity contribution in [2.24, 2.45) is 17.4 Å². The van der Waals surface area contributed by atoms with Crippen molar-refractivity contribution in [3.8, 4) is 0 Å². The molecule has 1 aromatic heterocycles. The summed E-state index contributed by atoms with van der Waals surface area (Å²) in [5.41, 5.74) is 14.7. The zero-order chi connectivity index (χ0) is 89.9. The van der Waals surface area contributed by atoms with Crippen LogP contribution in [0.1, 0.15) is 132 Å². The van der Waals surface area contributed by atoms with E-state index in [4.69, 9.17) is 16.2 Å². The van der Waals surface area contributed by atoms with Crippen LogP contribution in [0.4, 0.5) is 5.69 Å². The van der Waals surface area contributed by atoms with Gasteiger partial charge < -0.3 is 121 Å². The largest absolute Gasteiger partial charge is 0.481 e. The molecule has 1 unspecified atom stereocenters. The van der Waals surface area contributed by atoms with E-state index in [0.29, 0.717) is 27.6 Å². The number of amides is 14. The van der Waals surface area contributed by atoms with Crippen LogP contribution < -0.4 is 85.9 Å². The van der Waals surface area contributed by atoms with E-state index in [1.54, 1.807) is 37.4 Å². The second-order valence-corrected chi connectivity index (χ2v) is 28.5. The van der Waals surface area contributed by atoms with Gasteiger partial charge >= 0.3 is 29.8 Å². The van der Waals surface area contributed by atoms with Gasteiger partial charge in [0.05, 0.1) is 51.8 Å². The fraction of sp³-hybridized carbons (Fsp3) is 0.462. The quantitative estimate of drug-likeness (QED) is 0.00908. The molecule has 1 aliphatic heterocycles. The molecule has 1 saturated heterocycles.